The minimum Gasteiger partial charge on any atom is -0.353 e. The molecule has 2 rings (SSSR count). The minimum absolute atomic E-state index is 0.146. The molecule has 2 N–H and O–H groups in total. The van der Waals surface area contributed by atoms with Crippen molar-refractivity contribution in [2.24, 2.45) is 5.92 Å². The van der Waals surface area contributed by atoms with Crippen LogP contribution in [0.2, 0.25) is 0 Å². The van der Waals surface area contributed by atoms with E-state index in [0.29, 0.717) is 12.3 Å². The number of likely N-dealkylation sites (tertiary alicyclic amines) is 1. The van der Waals surface area contributed by atoms with Gasteiger partial charge in [0.15, 0.2) is 0 Å². The number of carbonyl (C=O) groups excluding carboxylic acids is 2. The zero-order valence-electron chi connectivity index (χ0n) is 11.8. The third-order valence-corrected chi connectivity index (χ3v) is 4.06. The van der Waals surface area contributed by atoms with E-state index < -0.39 is 0 Å². The molecule has 2 saturated heterocycles. The Kier molecular flexibility index (Phi) is 5.19. The molecule has 2 amide bonds. The third kappa shape index (κ3) is 3.93. The molecule has 2 aliphatic rings. The largest absolute Gasteiger partial charge is 0.353 e. The fourth-order valence-electron chi connectivity index (χ4n) is 2.89. The van der Waals surface area contributed by atoms with Crippen LogP contribution in [-0.2, 0) is 9.59 Å². The molecule has 0 aromatic carbocycles. The van der Waals surface area contributed by atoms with Crippen molar-refractivity contribution < 1.29 is 9.59 Å². The van der Waals surface area contributed by atoms with Crippen LogP contribution in [0.3, 0.4) is 0 Å². The Hall–Kier alpha value is -1.10. The summed E-state index contributed by atoms with van der Waals surface area (Å²) in [6, 6.07) is 0.254. The molecule has 5 heteroatoms. The van der Waals surface area contributed by atoms with Gasteiger partial charge < -0.3 is 15.5 Å². The van der Waals surface area contributed by atoms with E-state index in [-0.39, 0.29) is 17.9 Å². The summed E-state index contributed by atoms with van der Waals surface area (Å²) in [5.41, 5.74) is 0. The number of nitrogens with one attached hydrogen (secondary N) is 2. The summed E-state index contributed by atoms with van der Waals surface area (Å²) in [7, 11) is 0. The van der Waals surface area contributed by atoms with Crippen molar-refractivity contribution in [1.29, 1.82) is 0 Å². The van der Waals surface area contributed by atoms with Crippen molar-refractivity contribution in [2.75, 3.05) is 26.2 Å². The van der Waals surface area contributed by atoms with Crippen molar-refractivity contribution in [1.82, 2.24) is 15.5 Å². The second-order valence-corrected chi connectivity index (χ2v) is 5.61. The fourth-order valence-corrected chi connectivity index (χ4v) is 2.89. The van der Waals surface area contributed by atoms with Crippen molar-refractivity contribution in [3.05, 3.63) is 0 Å². The summed E-state index contributed by atoms with van der Waals surface area (Å²) in [5.74, 6) is 0.613. The molecule has 2 heterocycles. The minimum atomic E-state index is 0.146. The van der Waals surface area contributed by atoms with E-state index in [1.54, 1.807) is 0 Å². The van der Waals surface area contributed by atoms with Crippen LogP contribution in [-0.4, -0.2) is 48.9 Å². The summed E-state index contributed by atoms with van der Waals surface area (Å²) < 4.78 is 0. The molecular weight excluding hydrogens is 242 g/mol. The van der Waals surface area contributed by atoms with Gasteiger partial charge in [-0.05, 0) is 32.2 Å². The fraction of sp³-hybridized carbons (Fsp3) is 0.857. The normalized spacial score (nSPS) is 24.5. The van der Waals surface area contributed by atoms with Crippen LogP contribution in [0.15, 0.2) is 0 Å². The van der Waals surface area contributed by atoms with Gasteiger partial charge in [0.1, 0.15) is 0 Å². The van der Waals surface area contributed by atoms with Crippen LogP contribution >= 0.6 is 0 Å². The van der Waals surface area contributed by atoms with Gasteiger partial charge in [0.05, 0.1) is 5.92 Å². The summed E-state index contributed by atoms with van der Waals surface area (Å²) in [5, 5.41) is 6.30. The van der Waals surface area contributed by atoms with Gasteiger partial charge >= 0.3 is 0 Å². The molecule has 108 valence electrons. The van der Waals surface area contributed by atoms with Gasteiger partial charge in [-0.2, -0.15) is 0 Å². The molecule has 19 heavy (non-hydrogen) atoms. The highest BCUT2D eigenvalue weighted by molar-refractivity contribution is 5.79. The van der Waals surface area contributed by atoms with Crippen LogP contribution in [0.1, 0.15) is 39.0 Å². The number of rotatable bonds is 4. The topological polar surface area (TPSA) is 61.4 Å². The van der Waals surface area contributed by atoms with Crippen LogP contribution in [0.4, 0.5) is 0 Å². The van der Waals surface area contributed by atoms with Crippen molar-refractivity contribution in [2.45, 2.75) is 45.1 Å². The first kappa shape index (κ1) is 14.3. The predicted octanol–water partition coefficient (Wildman–Crippen LogP) is 0.503. The monoisotopic (exact) mass is 267 g/mol. The molecule has 0 aromatic rings. The van der Waals surface area contributed by atoms with Crippen molar-refractivity contribution in [3.63, 3.8) is 0 Å². The summed E-state index contributed by atoms with van der Waals surface area (Å²) in [6.07, 6.45) is 4.24. The first-order valence-electron chi connectivity index (χ1n) is 7.49. The lowest BCUT2D eigenvalue weighted by Crippen LogP contribution is -2.48. The summed E-state index contributed by atoms with van der Waals surface area (Å²) >= 11 is 0. The third-order valence-electron chi connectivity index (χ3n) is 4.06. The SMILES string of the molecule is CCCC(=O)NC1CCN(C(=O)C2CCNC2)CC1. The molecule has 0 bridgehead atoms. The lowest BCUT2D eigenvalue weighted by Gasteiger charge is -2.33. The van der Waals surface area contributed by atoms with Crippen LogP contribution in [0, 0.1) is 5.92 Å². The van der Waals surface area contributed by atoms with Crippen LogP contribution in [0.25, 0.3) is 0 Å². The van der Waals surface area contributed by atoms with Crippen LogP contribution in [0.5, 0.6) is 0 Å². The molecule has 0 radical (unpaired) electrons. The van der Waals surface area contributed by atoms with Crippen molar-refractivity contribution in [3.8, 4) is 0 Å². The second kappa shape index (κ2) is 6.89. The Bertz CT molecular complexity index is 319. The highest BCUT2D eigenvalue weighted by Gasteiger charge is 2.30. The molecule has 1 unspecified atom stereocenters. The maximum atomic E-state index is 12.2. The Morgan fingerprint density at radius 1 is 1.26 bits per heavy atom. The maximum absolute atomic E-state index is 12.2. The first-order valence-corrected chi connectivity index (χ1v) is 7.49. The summed E-state index contributed by atoms with van der Waals surface area (Å²) in [4.78, 5) is 25.7. The van der Waals surface area contributed by atoms with Gasteiger partial charge in [-0.3, -0.25) is 9.59 Å². The van der Waals surface area contributed by atoms with E-state index in [4.69, 9.17) is 0 Å². The standard InChI is InChI=1S/C14H25N3O2/c1-2-3-13(18)16-12-5-8-17(9-6-12)14(19)11-4-7-15-10-11/h11-12,15H,2-10H2,1H3,(H,16,18). The van der Waals surface area contributed by atoms with E-state index in [1.807, 2.05) is 11.8 Å². The molecule has 2 aliphatic heterocycles. The van der Waals surface area contributed by atoms with Gasteiger partial charge in [-0.25, -0.2) is 0 Å². The molecule has 2 fully saturated rings. The summed E-state index contributed by atoms with van der Waals surface area (Å²) in [6.45, 7) is 5.36. The Balaban J connectivity index is 1.72. The van der Waals surface area contributed by atoms with Gasteiger partial charge in [0.2, 0.25) is 11.8 Å². The maximum Gasteiger partial charge on any atom is 0.227 e. The average molecular weight is 267 g/mol. The van der Waals surface area contributed by atoms with E-state index in [9.17, 15) is 9.59 Å². The smallest absolute Gasteiger partial charge is 0.227 e. The average Bonchev–Trinajstić information content (AvgIpc) is 2.93. The Labute approximate surface area is 115 Å². The quantitative estimate of drug-likeness (QED) is 0.780. The lowest BCUT2D eigenvalue weighted by atomic mass is 10.0. The lowest BCUT2D eigenvalue weighted by molar-refractivity contribution is -0.136. The molecule has 0 spiro atoms. The second-order valence-electron chi connectivity index (χ2n) is 5.61. The van der Waals surface area contributed by atoms with E-state index in [1.165, 1.54) is 0 Å². The van der Waals surface area contributed by atoms with Gasteiger partial charge in [-0.15, -0.1) is 0 Å². The van der Waals surface area contributed by atoms with Crippen LogP contribution < -0.4 is 10.6 Å². The molecule has 0 aliphatic carbocycles. The highest BCUT2D eigenvalue weighted by Crippen LogP contribution is 2.17. The van der Waals surface area contributed by atoms with Crippen molar-refractivity contribution >= 4 is 11.8 Å². The molecule has 1 atom stereocenters. The Morgan fingerprint density at radius 3 is 2.58 bits per heavy atom. The number of carbonyl (C=O) groups is 2. The van der Waals surface area contributed by atoms with Gasteiger partial charge in [0, 0.05) is 32.1 Å². The predicted molar refractivity (Wildman–Crippen MR) is 73.6 cm³/mol. The molecule has 5 nitrogen and oxygen atoms in total. The van der Waals surface area contributed by atoms with Gasteiger partial charge in [-0.1, -0.05) is 6.92 Å². The Morgan fingerprint density at radius 2 is 2.00 bits per heavy atom. The van der Waals surface area contributed by atoms with E-state index in [0.717, 1.165) is 51.9 Å². The number of amides is 2. The van der Waals surface area contributed by atoms with Gasteiger partial charge in [0.25, 0.3) is 0 Å². The number of nitrogens with zero attached hydrogens (tertiary/aromatic N) is 1. The first-order chi connectivity index (χ1) is 9.20. The molecular formula is C14H25N3O2. The molecule has 0 aromatic heterocycles. The zero-order valence-corrected chi connectivity index (χ0v) is 11.8. The molecule has 0 saturated carbocycles. The number of piperidine rings is 1. The van der Waals surface area contributed by atoms with E-state index >= 15 is 0 Å². The zero-order chi connectivity index (χ0) is 13.7. The number of hydrogen-bond acceptors (Lipinski definition) is 3. The highest BCUT2D eigenvalue weighted by atomic mass is 16.2. The van der Waals surface area contributed by atoms with E-state index in [2.05, 4.69) is 10.6 Å². The number of hydrogen-bond donors (Lipinski definition) is 2.